The smallest absolute Gasteiger partial charge is 0.309 e. The van der Waals surface area contributed by atoms with Crippen LogP contribution in [0.4, 0.5) is 0 Å². The van der Waals surface area contributed by atoms with Crippen molar-refractivity contribution in [2.45, 2.75) is 33.1 Å². The number of H-pyrrole nitrogens is 1. The first-order chi connectivity index (χ1) is 12.1. The quantitative estimate of drug-likeness (QED) is 0.647. The molecule has 0 aliphatic carbocycles. The highest BCUT2D eigenvalue weighted by Gasteiger charge is 2.27. The van der Waals surface area contributed by atoms with E-state index in [1.165, 1.54) is 5.56 Å². The third-order valence-corrected chi connectivity index (χ3v) is 5.06. The van der Waals surface area contributed by atoms with Crippen LogP contribution in [0.25, 0.3) is 10.9 Å². The highest BCUT2D eigenvalue weighted by Crippen LogP contribution is 2.24. The summed E-state index contributed by atoms with van der Waals surface area (Å²) in [5.41, 5.74) is 3.05. The zero-order chi connectivity index (χ0) is 17.8. The number of rotatable bonds is 6. The zero-order valence-electron chi connectivity index (χ0n) is 15.0. The highest BCUT2D eigenvalue weighted by atomic mass is 16.5. The molecule has 1 saturated heterocycles. The van der Waals surface area contributed by atoms with Crippen molar-refractivity contribution in [3.05, 3.63) is 35.5 Å². The van der Waals surface area contributed by atoms with Crippen molar-refractivity contribution in [2.24, 2.45) is 5.92 Å². The maximum atomic E-state index is 12.8. The van der Waals surface area contributed by atoms with Gasteiger partial charge in [0.15, 0.2) is 5.78 Å². The van der Waals surface area contributed by atoms with Crippen molar-refractivity contribution in [1.29, 1.82) is 0 Å². The van der Waals surface area contributed by atoms with E-state index in [9.17, 15) is 9.59 Å². The Hall–Kier alpha value is -2.14. The van der Waals surface area contributed by atoms with Gasteiger partial charge in [0.1, 0.15) is 0 Å². The van der Waals surface area contributed by atoms with Crippen molar-refractivity contribution in [3.8, 4) is 0 Å². The Labute approximate surface area is 148 Å². The van der Waals surface area contributed by atoms with E-state index in [0.29, 0.717) is 13.2 Å². The summed E-state index contributed by atoms with van der Waals surface area (Å²) in [6, 6.07) is 6.11. The number of aromatic amines is 1. The Morgan fingerprint density at radius 1 is 1.24 bits per heavy atom. The van der Waals surface area contributed by atoms with Crippen molar-refractivity contribution in [3.63, 3.8) is 0 Å². The molecule has 3 rings (SSSR count). The van der Waals surface area contributed by atoms with E-state index in [4.69, 9.17) is 4.74 Å². The minimum atomic E-state index is -0.0998. The van der Waals surface area contributed by atoms with Crippen LogP contribution in [0.3, 0.4) is 0 Å². The van der Waals surface area contributed by atoms with Crippen LogP contribution in [-0.2, 0) is 16.0 Å². The van der Waals surface area contributed by atoms with Crippen LogP contribution in [0.15, 0.2) is 24.4 Å². The van der Waals surface area contributed by atoms with E-state index in [2.05, 4.69) is 22.9 Å². The van der Waals surface area contributed by atoms with E-state index in [1.54, 1.807) is 0 Å². The lowest BCUT2D eigenvalue weighted by atomic mass is 9.96. The van der Waals surface area contributed by atoms with Crippen molar-refractivity contribution in [1.82, 2.24) is 9.88 Å². The molecular weight excluding hydrogens is 316 g/mol. The molecule has 134 valence electrons. The molecule has 1 aromatic carbocycles. The lowest BCUT2D eigenvalue weighted by Crippen LogP contribution is -2.39. The van der Waals surface area contributed by atoms with Crippen molar-refractivity contribution in [2.75, 3.05) is 26.2 Å². The predicted molar refractivity (Wildman–Crippen MR) is 97.8 cm³/mol. The summed E-state index contributed by atoms with van der Waals surface area (Å²) in [6.45, 7) is 6.30. The molecule has 0 unspecified atom stereocenters. The third-order valence-electron chi connectivity index (χ3n) is 5.06. The fourth-order valence-electron chi connectivity index (χ4n) is 3.62. The maximum absolute atomic E-state index is 12.8. The molecule has 2 aromatic rings. The average Bonchev–Trinajstić information content (AvgIpc) is 3.06. The molecule has 5 nitrogen and oxygen atoms in total. The number of carbonyl (C=O) groups excluding carboxylic acids is 2. The second-order valence-electron chi connectivity index (χ2n) is 6.62. The van der Waals surface area contributed by atoms with Crippen LogP contribution in [0, 0.1) is 5.92 Å². The number of piperidine rings is 1. The van der Waals surface area contributed by atoms with Gasteiger partial charge in [-0.3, -0.25) is 14.5 Å². The number of aryl methyl sites for hydroxylation is 1. The third kappa shape index (κ3) is 3.76. The highest BCUT2D eigenvalue weighted by molar-refractivity contribution is 6.09. The number of Topliss-reactive ketones (excluding diaryl/α,β-unsaturated/α-hetero) is 1. The minimum Gasteiger partial charge on any atom is -0.466 e. The SMILES string of the molecule is CCOC(=O)C1CCN(CC(=O)c2c[nH]c3c(CC)cccc23)CC1. The monoisotopic (exact) mass is 342 g/mol. The zero-order valence-corrected chi connectivity index (χ0v) is 15.0. The summed E-state index contributed by atoms with van der Waals surface area (Å²) in [5, 5.41) is 1.01. The summed E-state index contributed by atoms with van der Waals surface area (Å²) < 4.78 is 5.10. The Morgan fingerprint density at radius 3 is 2.68 bits per heavy atom. The normalized spacial score (nSPS) is 16.2. The number of nitrogens with zero attached hydrogens (tertiary/aromatic N) is 1. The maximum Gasteiger partial charge on any atom is 0.309 e. The number of hydrogen-bond acceptors (Lipinski definition) is 4. The number of para-hydroxylation sites is 1. The Kier molecular flexibility index (Phi) is 5.53. The Bertz CT molecular complexity index is 757. The molecule has 0 radical (unpaired) electrons. The van der Waals surface area contributed by atoms with Crippen LogP contribution in [0.2, 0.25) is 0 Å². The standard InChI is InChI=1S/C20H26N2O3/c1-3-14-6-5-7-16-17(12-21-19(14)16)18(23)13-22-10-8-15(9-11-22)20(24)25-4-2/h5-7,12,15,21H,3-4,8-11,13H2,1-2H3. The molecule has 1 N–H and O–H groups in total. The first-order valence-corrected chi connectivity index (χ1v) is 9.15. The van der Waals surface area contributed by atoms with E-state index < -0.39 is 0 Å². The fourth-order valence-corrected chi connectivity index (χ4v) is 3.62. The molecule has 1 aliphatic heterocycles. The van der Waals surface area contributed by atoms with E-state index in [1.807, 2.05) is 25.3 Å². The van der Waals surface area contributed by atoms with Gasteiger partial charge in [-0.1, -0.05) is 25.1 Å². The lowest BCUT2D eigenvalue weighted by Gasteiger charge is -2.30. The van der Waals surface area contributed by atoms with Gasteiger partial charge in [0, 0.05) is 22.7 Å². The predicted octanol–water partition coefficient (Wildman–Crippen LogP) is 3.19. The summed E-state index contributed by atoms with van der Waals surface area (Å²) in [4.78, 5) is 30.0. The molecule has 1 aromatic heterocycles. The second-order valence-corrected chi connectivity index (χ2v) is 6.62. The lowest BCUT2D eigenvalue weighted by molar-refractivity contribution is -0.149. The molecule has 0 amide bonds. The minimum absolute atomic E-state index is 0.0218. The molecule has 25 heavy (non-hydrogen) atoms. The number of fused-ring (bicyclic) bond motifs is 1. The topological polar surface area (TPSA) is 62.4 Å². The van der Waals surface area contributed by atoms with Crippen LogP contribution in [0.1, 0.15) is 42.6 Å². The molecule has 0 saturated carbocycles. The van der Waals surface area contributed by atoms with Gasteiger partial charge in [-0.25, -0.2) is 0 Å². The number of carbonyl (C=O) groups is 2. The molecule has 1 fully saturated rings. The Balaban J connectivity index is 1.63. The van der Waals surface area contributed by atoms with E-state index in [0.717, 1.165) is 48.8 Å². The molecule has 0 spiro atoms. The largest absolute Gasteiger partial charge is 0.466 e. The number of aromatic nitrogens is 1. The molecule has 0 atom stereocenters. The number of hydrogen-bond donors (Lipinski definition) is 1. The van der Waals surface area contributed by atoms with Gasteiger partial charge in [-0.2, -0.15) is 0 Å². The summed E-state index contributed by atoms with van der Waals surface area (Å²) in [7, 11) is 0. The van der Waals surface area contributed by atoms with Crippen molar-refractivity contribution >= 4 is 22.7 Å². The van der Waals surface area contributed by atoms with Gasteiger partial charge < -0.3 is 9.72 Å². The van der Waals surface area contributed by atoms with Gasteiger partial charge >= 0.3 is 5.97 Å². The number of likely N-dealkylation sites (tertiary alicyclic amines) is 1. The van der Waals surface area contributed by atoms with Gasteiger partial charge in [0.2, 0.25) is 0 Å². The van der Waals surface area contributed by atoms with Gasteiger partial charge in [0.25, 0.3) is 0 Å². The molecule has 5 heteroatoms. The Morgan fingerprint density at radius 2 is 2.00 bits per heavy atom. The van der Waals surface area contributed by atoms with Gasteiger partial charge in [0.05, 0.1) is 19.1 Å². The summed E-state index contributed by atoms with van der Waals surface area (Å²) in [6.07, 6.45) is 4.30. The van der Waals surface area contributed by atoms with Crippen LogP contribution in [0.5, 0.6) is 0 Å². The number of benzene rings is 1. The van der Waals surface area contributed by atoms with Crippen LogP contribution < -0.4 is 0 Å². The van der Waals surface area contributed by atoms with Gasteiger partial charge in [-0.05, 0) is 44.8 Å². The number of ether oxygens (including phenoxy) is 1. The molecule has 1 aliphatic rings. The van der Waals surface area contributed by atoms with Crippen molar-refractivity contribution < 1.29 is 14.3 Å². The summed E-state index contributed by atoms with van der Waals surface area (Å²) in [5.74, 6) is 0.0118. The summed E-state index contributed by atoms with van der Waals surface area (Å²) >= 11 is 0. The number of nitrogens with one attached hydrogen (secondary N) is 1. The van der Waals surface area contributed by atoms with E-state index in [-0.39, 0.29) is 17.7 Å². The fraction of sp³-hybridized carbons (Fsp3) is 0.500. The van der Waals surface area contributed by atoms with Crippen LogP contribution >= 0.6 is 0 Å². The van der Waals surface area contributed by atoms with Gasteiger partial charge in [-0.15, -0.1) is 0 Å². The first-order valence-electron chi connectivity index (χ1n) is 9.15. The molecule has 2 heterocycles. The number of ketones is 1. The average molecular weight is 342 g/mol. The molecular formula is C20H26N2O3. The number of esters is 1. The van der Waals surface area contributed by atoms with E-state index >= 15 is 0 Å². The second kappa shape index (κ2) is 7.83. The first kappa shape index (κ1) is 17.7. The van der Waals surface area contributed by atoms with Crippen LogP contribution in [-0.4, -0.2) is 47.9 Å². The molecule has 0 bridgehead atoms.